The summed E-state index contributed by atoms with van der Waals surface area (Å²) in [6.07, 6.45) is -20.5. The van der Waals surface area contributed by atoms with Gasteiger partial charge in [-0.2, -0.15) is 39.5 Å². The van der Waals surface area contributed by atoms with E-state index in [0.29, 0.717) is 35.2 Å². The molecule has 0 spiro atoms. The number of nitrogens with zero attached hydrogens (tertiary/aromatic N) is 3. The first-order valence-electron chi connectivity index (χ1n) is 11.3. The molecule has 36 heavy (non-hydrogen) atoms. The third-order valence-corrected chi connectivity index (χ3v) is 6.30. The second-order valence-corrected chi connectivity index (χ2v) is 9.17. The molecule has 0 saturated carbocycles. The molecule has 1 aromatic carbocycles. The smallest absolute Gasteiger partial charge is 0.426 e. The quantitative estimate of drug-likeness (QED) is 0.465. The number of piperidine rings is 1. The molecule has 2 aliphatic rings. The SMILES string of the molecule is CC1CCN(c2cc(CN3CCN(C(=O)OC(C(F)(F)F)C(F)(F)F)CC3)cc(C(F)(F)F)c2)CC1. The highest BCUT2D eigenvalue weighted by atomic mass is 19.4. The van der Waals surface area contributed by atoms with Crippen LogP contribution >= 0.6 is 0 Å². The fraction of sp³-hybridized carbons (Fsp3) is 0.682. The maximum atomic E-state index is 13.5. The van der Waals surface area contributed by atoms with Crippen LogP contribution in [0.1, 0.15) is 30.9 Å². The number of alkyl halides is 9. The van der Waals surface area contributed by atoms with Crippen molar-refractivity contribution in [3.05, 3.63) is 29.3 Å². The maximum Gasteiger partial charge on any atom is 0.434 e. The standard InChI is InChI=1S/C22H26F9N3O2/c1-14-2-4-33(5-3-14)17-11-15(10-16(12-17)20(23,24)25)13-32-6-8-34(9-7-32)19(35)36-18(21(26,27)28)22(29,30)31/h10-12,14,18H,2-9,13H2,1H3. The van der Waals surface area contributed by atoms with Crippen LogP contribution in [-0.4, -0.2) is 73.6 Å². The average Bonchev–Trinajstić information content (AvgIpc) is 2.76. The Morgan fingerprint density at radius 1 is 0.889 bits per heavy atom. The van der Waals surface area contributed by atoms with Gasteiger partial charge < -0.3 is 14.5 Å². The molecule has 1 amide bonds. The van der Waals surface area contributed by atoms with Crippen LogP contribution in [0, 0.1) is 5.92 Å². The maximum absolute atomic E-state index is 13.5. The molecular formula is C22H26F9N3O2. The van der Waals surface area contributed by atoms with E-state index >= 15 is 0 Å². The van der Waals surface area contributed by atoms with Crippen molar-refractivity contribution >= 4 is 11.8 Å². The zero-order valence-corrected chi connectivity index (χ0v) is 19.3. The van der Waals surface area contributed by atoms with Gasteiger partial charge in [-0.15, -0.1) is 0 Å². The molecule has 14 heteroatoms. The molecule has 0 N–H and O–H groups in total. The summed E-state index contributed by atoms with van der Waals surface area (Å²) in [5, 5.41) is 0. The molecule has 0 atom stereocenters. The molecule has 2 saturated heterocycles. The van der Waals surface area contributed by atoms with Crippen molar-refractivity contribution in [3.63, 3.8) is 0 Å². The number of hydrogen-bond donors (Lipinski definition) is 0. The van der Waals surface area contributed by atoms with Crippen LogP contribution in [0.3, 0.4) is 0 Å². The average molecular weight is 535 g/mol. The predicted molar refractivity (Wildman–Crippen MR) is 111 cm³/mol. The van der Waals surface area contributed by atoms with Crippen molar-refractivity contribution in [3.8, 4) is 0 Å². The second-order valence-electron chi connectivity index (χ2n) is 9.17. The third-order valence-electron chi connectivity index (χ3n) is 6.30. The van der Waals surface area contributed by atoms with Crippen LogP contribution in [0.15, 0.2) is 18.2 Å². The Hall–Kier alpha value is -2.38. The molecule has 0 aliphatic carbocycles. The van der Waals surface area contributed by atoms with Gasteiger partial charge >= 0.3 is 24.6 Å². The Balaban J connectivity index is 1.65. The highest BCUT2D eigenvalue weighted by molar-refractivity contribution is 5.68. The normalized spacial score (nSPS) is 19.2. The van der Waals surface area contributed by atoms with Gasteiger partial charge in [-0.3, -0.25) is 4.90 Å². The number of amides is 1. The van der Waals surface area contributed by atoms with Gasteiger partial charge in [0.25, 0.3) is 6.10 Å². The zero-order chi connectivity index (χ0) is 26.9. The van der Waals surface area contributed by atoms with Crippen LogP contribution < -0.4 is 4.90 Å². The van der Waals surface area contributed by atoms with Gasteiger partial charge in [0.2, 0.25) is 0 Å². The summed E-state index contributed by atoms with van der Waals surface area (Å²) in [6, 6.07) is 3.78. The predicted octanol–water partition coefficient (Wildman–Crippen LogP) is 5.69. The molecule has 5 nitrogen and oxygen atoms in total. The largest absolute Gasteiger partial charge is 0.434 e. The minimum Gasteiger partial charge on any atom is -0.426 e. The summed E-state index contributed by atoms with van der Waals surface area (Å²) in [4.78, 5) is 16.2. The lowest BCUT2D eigenvalue weighted by Crippen LogP contribution is -2.52. The molecule has 0 radical (unpaired) electrons. The Kier molecular flexibility index (Phi) is 8.26. The Labute approximate surface area is 201 Å². The summed E-state index contributed by atoms with van der Waals surface area (Å²) >= 11 is 0. The number of anilines is 1. The van der Waals surface area contributed by atoms with E-state index < -0.39 is 36.3 Å². The van der Waals surface area contributed by atoms with Crippen molar-refractivity contribution < 1.29 is 49.0 Å². The van der Waals surface area contributed by atoms with E-state index in [1.54, 1.807) is 11.0 Å². The first-order chi connectivity index (χ1) is 16.5. The van der Waals surface area contributed by atoms with E-state index in [1.165, 1.54) is 0 Å². The second kappa shape index (κ2) is 10.5. The van der Waals surface area contributed by atoms with Gasteiger partial charge in [0.1, 0.15) is 0 Å². The van der Waals surface area contributed by atoms with E-state index in [-0.39, 0.29) is 32.7 Å². The summed E-state index contributed by atoms with van der Waals surface area (Å²) in [6.45, 7) is 2.98. The van der Waals surface area contributed by atoms with E-state index in [0.717, 1.165) is 25.0 Å². The van der Waals surface area contributed by atoms with E-state index in [4.69, 9.17) is 0 Å². The minimum absolute atomic E-state index is 0.0324. The Bertz CT molecular complexity index is 887. The molecule has 204 valence electrons. The number of piperazine rings is 1. The van der Waals surface area contributed by atoms with E-state index in [1.807, 2.05) is 4.90 Å². The van der Waals surface area contributed by atoms with Crippen LogP contribution in [0.2, 0.25) is 0 Å². The lowest BCUT2D eigenvalue weighted by Gasteiger charge is -2.36. The molecule has 0 aromatic heterocycles. The van der Waals surface area contributed by atoms with Crippen molar-refractivity contribution in [1.82, 2.24) is 9.80 Å². The fourth-order valence-electron chi connectivity index (χ4n) is 4.22. The number of carbonyl (C=O) groups is 1. The van der Waals surface area contributed by atoms with Gasteiger partial charge in [-0.25, -0.2) is 4.79 Å². The molecule has 1 aromatic rings. The summed E-state index contributed by atoms with van der Waals surface area (Å²) in [5.41, 5.74) is 0.00383. The van der Waals surface area contributed by atoms with Gasteiger partial charge in [-0.05, 0) is 42.5 Å². The van der Waals surface area contributed by atoms with Gasteiger partial charge in [0.15, 0.2) is 0 Å². The topological polar surface area (TPSA) is 36.0 Å². The fourth-order valence-corrected chi connectivity index (χ4v) is 4.22. The van der Waals surface area contributed by atoms with E-state index in [9.17, 15) is 44.3 Å². The van der Waals surface area contributed by atoms with Crippen molar-refractivity contribution in [2.45, 2.75) is 50.9 Å². The summed E-state index contributed by atoms with van der Waals surface area (Å²) in [5.74, 6) is 0.483. The number of benzene rings is 1. The molecule has 3 rings (SSSR count). The zero-order valence-electron chi connectivity index (χ0n) is 19.3. The van der Waals surface area contributed by atoms with Crippen molar-refractivity contribution in [1.29, 1.82) is 0 Å². The van der Waals surface area contributed by atoms with E-state index in [2.05, 4.69) is 11.7 Å². The first kappa shape index (κ1) is 28.2. The first-order valence-corrected chi connectivity index (χ1v) is 11.3. The van der Waals surface area contributed by atoms with Crippen LogP contribution in [0.5, 0.6) is 0 Å². The van der Waals surface area contributed by atoms with Crippen LogP contribution in [0.25, 0.3) is 0 Å². The van der Waals surface area contributed by atoms with Gasteiger partial charge in [0, 0.05) is 51.5 Å². The summed E-state index contributed by atoms with van der Waals surface area (Å²) < 4.78 is 120. The van der Waals surface area contributed by atoms with Gasteiger partial charge in [0.05, 0.1) is 5.56 Å². The molecule has 0 bridgehead atoms. The lowest BCUT2D eigenvalue weighted by molar-refractivity contribution is -0.308. The number of carbonyl (C=O) groups excluding carboxylic acids is 1. The molecule has 2 heterocycles. The Morgan fingerprint density at radius 2 is 1.44 bits per heavy atom. The molecule has 2 fully saturated rings. The van der Waals surface area contributed by atoms with Crippen LogP contribution in [-0.2, 0) is 17.5 Å². The highest BCUT2D eigenvalue weighted by Crippen LogP contribution is 2.37. The van der Waals surface area contributed by atoms with Crippen LogP contribution in [0.4, 0.5) is 50.0 Å². The third kappa shape index (κ3) is 7.32. The number of halogens is 9. The van der Waals surface area contributed by atoms with Gasteiger partial charge in [-0.1, -0.05) is 6.92 Å². The molecule has 0 unspecified atom stereocenters. The Morgan fingerprint density at radius 3 is 1.94 bits per heavy atom. The number of ether oxygens (including phenoxy) is 1. The number of rotatable bonds is 4. The summed E-state index contributed by atoms with van der Waals surface area (Å²) in [7, 11) is 0. The molecular weight excluding hydrogens is 509 g/mol. The number of hydrogen-bond acceptors (Lipinski definition) is 4. The van der Waals surface area contributed by atoms with Crippen molar-refractivity contribution in [2.24, 2.45) is 5.92 Å². The minimum atomic E-state index is -5.82. The monoisotopic (exact) mass is 535 g/mol. The highest BCUT2D eigenvalue weighted by Gasteiger charge is 2.60. The molecule has 2 aliphatic heterocycles. The van der Waals surface area contributed by atoms with Crippen molar-refractivity contribution in [2.75, 3.05) is 44.2 Å². The lowest BCUT2D eigenvalue weighted by atomic mass is 9.98.